The Kier molecular flexibility index (Phi) is 3.14. The van der Waals surface area contributed by atoms with Gasteiger partial charge in [-0.05, 0) is 85.5 Å². The molecule has 1 unspecified atom stereocenters. The largest absolute Gasteiger partial charge is 0.295 e. The normalized spacial score (nSPS) is 52.7. The molecule has 3 saturated carbocycles. The standard InChI is InChI=1S/C20H30O/c1-12-10-14-11-15(21)5-6-16(14)17-8-9-20(3)13(2)4-7-18(20)19(12)17/h11-13,16-19H,4-10H2,1-3H3/t12-,13-,16?,17+,18-,19+,20+/m0/s1. The lowest BCUT2D eigenvalue weighted by Crippen LogP contribution is -2.49. The summed E-state index contributed by atoms with van der Waals surface area (Å²) in [6.07, 6.45) is 11.0. The molecule has 116 valence electrons. The first-order chi connectivity index (χ1) is 10.0. The van der Waals surface area contributed by atoms with E-state index >= 15 is 0 Å². The molecule has 0 spiro atoms. The fraction of sp³-hybridized carbons (Fsp3) is 0.850. The number of fused-ring (bicyclic) bond motifs is 5. The van der Waals surface area contributed by atoms with Gasteiger partial charge in [-0.25, -0.2) is 0 Å². The average molecular weight is 286 g/mol. The highest BCUT2D eigenvalue weighted by Crippen LogP contribution is 2.64. The van der Waals surface area contributed by atoms with Crippen LogP contribution in [0.3, 0.4) is 0 Å². The molecule has 7 atom stereocenters. The summed E-state index contributed by atoms with van der Waals surface area (Å²) >= 11 is 0. The molecule has 0 bridgehead atoms. The maximum atomic E-state index is 11.8. The van der Waals surface area contributed by atoms with Gasteiger partial charge >= 0.3 is 0 Å². The Bertz CT molecular complexity index is 490. The van der Waals surface area contributed by atoms with E-state index in [1.807, 2.05) is 6.08 Å². The molecule has 0 saturated heterocycles. The van der Waals surface area contributed by atoms with Crippen molar-refractivity contribution < 1.29 is 4.79 Å². The van der Waals surface area contributed by atoms with E-state index in [1.165, 1.54) is 37.7 Å². The second-order valence-corrected chi connectivity index (χ2v) is 8.88. The van der Waals surface area contributed by atoms with Crippen LogP contribution in [-0.4, -0.2) is 5.78 Å². The SMILES string of the molecule is C[C@H]1CC2=CC(=O)CCC2[C@H]2CC[C@]3(C)[C@@H](C)CC[C@H]3[C@@H]21. The Hall–Kier alpha value is -0.590. The van der Waals surface area contributed by atoms with E-state index in [9.17, 15) is 4.79 Å². The molecule has 0 radical (unpaired) electrons. The monoisotopic (exact) mass is 286 g/mol. The first-order valence-electron chi connectivity index (χ1n) is 9.24. The van der Waals surface area contributed by atoms with Gasteiger partial charge in [0.2, 0.25) is 0 Å². The molecule has 0 aromatic carbocycles. The van der Waals surface area contributed by atoms with Gasteiger partial charge in [0.1, 0.15) is 0 Å². The summed E-state index contributed by atoms with van der Waals surface area (Å²) in [6, 6.07) is 0. The Morgan fingerprint density at radius 3 is 2.76 bits per heavy atom. The number of ketones is 1. The maximum Gasteiger partial charge on any atom is 0.155 e. The Morgan fingerprint density at radius 1 is 1.14 bits per heavy atom. The van der Waals surface area contributed by atoms with E-state index in [-0.39, 0.29) is 0 Å². The first kappa shape index (κ1) is 14.0. The minimum absolute atomic E-state index is 0.391. The number of hydrogen-bond donors (Lipinski definition) is 0. The predicted molar refractivity (Wildman–Crippen MR) is 85.8 cm³/mol. The van der Waals surface area contributed by atoms with Crippen LogP contribution in [0.25, 0.3) is 0 Å². The number of allylic oxidation sites excluding steroid dienone is 1. The number of hydrogen-bond acceptors (Lipinski definition) is 1. The van der Waals surface area contributed by atoms with Crippen molar-refractivity contribution in [1.29, 1.82) is 0 Å². The Labute approximate surface area is 129 Å². The van der Waals surface area contributed by atoms with Crippen molar-refractivity contribution in [2.75, 3.05) is 0 Å². The summed E-state index contributed by atoms with van der Waals surface area (Å²) in [7, 11) is 0. The van der Waals surface area contributed by atoms with Crippen molar-refractivity contribution in [2.45, 2.75) is 65.7 Å². The van der Waals surface area contributed by atoms with E-state index in [1.54, 1.807) is 0 Å². The minimum atomic E-state index is 0.391. The van der Waals surface area contributed by atoms with Crippen LogP contribution in [0.4, 0.5) is 0 Å². The highest BCUT2D eigenvalue weighted by Gasteiger charge is 2.56. The third-order valence-corrected chi connectivity index (χ3v) is 8.11. The van der Waals surface area contributed by atoms with Gasteiger partial charge in [-0.1, -0.05) is 26.3 Å². The first-order valence-corrected chi connectivity index (χ1v) is 9.24. The van der Waals surface area contributed by atoms with Crippen molar-refractivity contribution in [3.05, 3.63) is 11.6 Å². The fourth-order valence-electron chi connectivity index (χ4n) is 6.85. The lowest BCUT2D eigenvalue weighted by molar-refractivity contribution is -0.116. The minimum Gasteiger partial charge on any atom is -0.295 e. The molecular weight excluding hydrogens is 256 g/mol. The second kappa shape index (κ2) is 4.70. The molecular formula is C20H30O. The molecule has 0 aromatic rings. The zero-order valence-corrected chi connectivity index (χ0v) is 13.9. The predicted octanol–water partition coefficient (Wildman–Crippen LogP) is 5.01. The number of carbonyl (C=O) groups excluding carboxylic acids is 1. The lowest BCUT2D eigenvalue weighted by Gasteiger charge is -2.56. The third kappa shape index (κ3) is 1.92. The summed E-state index contributed by atoms with van der Waals surface area (Å²) in [4.78, 5) is 11.8. The number of rotatable bonds is 0. The summed E-state index contributed by atoms with van der Waals surface area (Å²) in [5.41, 5.74) is 2.14. The lowest BCUT2D eigenvalue weighted by atomic mass is 9.49. The van der Waals surface area contributed by atoms with Crippen LogP contribution in [0.2, 0.25) is 0 Å². The second-order valence-electron chi connectivity index (χ2n) is 8.88. The van der Waals surface area contributed by atoms with Crippen LogP contribution in [0, 0.1) is 40.9 Å². The third-order valence-electron chi connectivity index (χ3n) is 8.11. The van der Waals surface area contributed by atoms with Gasteiger partial charge in [-0.3, -0.25) is 4.79 Å². The van der Waals surface area contributed by atoms with E-state index < -0.39 is 0 Å². The van der Waals surface area contributed by atoms with Gasteiger partial charge in [0.15, 0.2) is 5.78 Å². The van der Waals surface area contributed by atoms with Crippen molar-refractivity contribution >= 4 is 5.78 Å². The molecule has 0 aliphatic heterocycles. The van der Waals surface area contributed by atoms with Gasteiger partial charge in [0.25, 0.3) is 0 Å². The van der Waals surface area contributed by atoms with Crippen LogP contribution >= 0.6 is 0 Å². The van der Waals surface area contributed by atoms with Crippen LogP contribution < -0.4 is 0 Å². The maximum absolute atomic E-state index is 11.8. The topological polar surface area (TPSA) is 17.1 Å². The molecule has 1 heteroatoms. The van der Waals surface area contributed by atoms with E-state index in [0.29, 0.717) is 11.2 Å². The zero-order valence-electron chi connectivity index (χ0n) is 13.9. The molecule has 0 heterocycles. The molecule has 4 rings (SSSR count). The van der Waals surface area contributed by atoms with Gasteiger partial charge in [-0.2, -0.15) is 0 Å². The molecule has 3 fully saturated rings. The van der Waals surface area contributed by atoms with Gasteiger partial charge in [0.05, 0.1) is 0 Å². The summed E-state index contributed by atoms with van der Waals surface area (Å²) < 4.78 is 0. The fourth-order valence-corrected chi connectivity index (χ4v) is 6.85. The van der Waals surface area contributed by atoms with Crippen LogP contribution in [0.1, 0.15) is 65.7 Å². The highest BCUT2D eigenvalue weighted by atomic mass is 16.1. The van der Waals surface area contributed by atoms with E-state index in [4.69, 9.17) is 0 Å². The summed E-state index contributed by atoms with van der Waals surface area (Å²) in [6.45, 7) is 7.56. The average Bonchev–Trinajstić information content (AvgIpc) is 2.74. The van der Waals surface area contributed by atoms with E-state index in [0.717, 1.165) is 48.3 Å². The van der Waals surface area contributed by atoms with Gasteiger partial charge in [0, 0.05) is 6.42 Å². The van der Waals surface area contributed by atoms with Crippen molar-refractivity contribution in [1.82, 2.24) is 0 Å². The summed E-state index contributed by atoms with van der Waals surface area (Å²) in [5.74, 6) is 5.63. The molecule has 0 N–H and O–H groups in total. The van der Waals surface area contributed by atoms with Crippen molar-refractivity contribution in [3.8, 4) is 0 Å². The molecule has 4 aliphatic carbocycles. The molecule has 21 heavy (non-hydrogen) atoms. The molecule has 0 aromatic heterocycles. The molecule has 0 amide bonds. The van der Waals surface area contributed by atoms with Gasteiger partial charge < -0.3 is 0 Å². The van der Waals surface area contributed by atoms with Crippen LogP contribution in [-0.2, 0) is 4.79 Å². The summed E-state index contributed by atoms with van der Waals surface area (Å²) in [5, 5.41) is 0. The van der Waals surface area contributed by atoms with Crippen LogP contribution in [0.15, 0.2) is 11.6 Å². The van der Waals surface area contributed by atoms with Crippen LogP contribution in [0.5, 0.6) is 0 Å². The Morgan fingerprint density at radius 2 is 1.95 bits per heavy atom. The molecule has 1 nitrogen and oxygen atoms in total. The quantitative estimate of drug-likeness (QED) is 0.611. The van der Waals surface area contributed by atoms with E-state index in [2.05, 4.69) is 20.8 Å². The Balaban J connectivity index is 1.68. The zero-order chi connectivity index (χ0) is 14.8. The van der Waals surface area contributed by atoms with Crippen molar-refractivity contribution in [2.24, 2.45) is 40.9 Å². The highest BCUT2D eigenvalue weighted by molar-refractivity contribution is 5.91. The molecule has 4 aliphatic rings. The smallest absolute Gasteiger partial charge is 0.155 e. The van der Waals surface area contributed by atoms with Crippen molar-refractivity contribution in [3.63, 3.8) is 0 Å². The van der Waals surface area contributed by atoms with Gasteiger partial charge in [-0.15, -0.1) is 0 Å². The number of carbonyl (C=O) groups is 1.